The molecule has 1 aliphatic heterocycles. The minimum Gasteiger partial charge on any atom is -0.487 e. The van der Waals surface area contributed by atoms with E-state index in [0.717, 1.165) is 17.8 Å². The Morgan fingerprint density at radius 2 is 1.82 bits per heavy atom. The summed E-state index contributed by atoms with van der Waals surface area (Å²) in [5.74, 6) is 0.470. The van der Waals surface area contributed by atoms with Crippen LogP contribution >= 0.6 is 11.6 Å². The average Bonchev–Trinajstić information content (AvgIpc) is 2.80. The number of ether oxygens (including phenoxy) is 1. The van der Waals surface area contributed by atoms with E-state index in [0.29, 0.717) is 46.1 Å². The molecular formula is C25H19ClF3N3O2. The summed E-state index contributed by atoms with van der Waals surface area (Å²) in [7, 11) is 0. The smallest absolute Gasteiger partial charge is 0.416 e. The van der Waals surface area contributed by atoms with Gasteiger partial charge in [0.1, 0.15) is 12.4 Å². The van der Waals surface area contributed by atoms with Crippen molar-refractivity contribution in [2.45, 2.75) is 25.6 Å². The van der Waals surface area contributed by atoms with E-state index in [2.05, 4.69) is 15.3 Å². The van der Waals surface area contributed by atoms with E-state index in [4.69, 9.17) is 16.3 Å². The van der Waals surface area contributed by atoms with Gasteiger partial charge in [-0.1, -0.05) is 41.9 Å². The molecule has 2 aromatic carbocycles. The molecule has 1 N–H and O–H groups in total. The number of nitrogens with one attached hydrogen (secondary N) is 1. The lowest BCUT2D eigenvalue weighted by molar-refractivity contribution is -0.137. The first-order valence-electron chi connectivity index (χ1n) is 10.4. The lowest BCUT2D eigenvalue weighted by Gasteiger charge is -2.18. The van der Waals surface area contributed by atoms with Gasteiger partial charge in [-0.15, -0.1) is 0 Å². The number of carbonyl (C=O) groups is 1. The zero-order valence-corrected chi connectivity index (χ0v) is 18.5. The predicted molar refractivity (Wildman–Crippen MR) is 124 cm³/mol. The molecule has 4 rings (SSSR count). The number of aliphatic imine (C=N–C) groups is 1. The summed E-state index contributed by atoms with van der Waals surface area (Å²) in [6.45, 7) is 0.214. The number of urea groups is 1. The van der Waals surface area contributed by atoms with Gasteiger partial charge in [0.2, 0.25) is 0 Å². The van der Waals surface area contributed by atoms with Crippen LogP contribution < -0.4 is 10.1 Å². The normalized spacial score (nSPS) is 15.9. The van der Waals surface area contributed by atoms with Crippen molar-refractivity contribution in [2.75, 3.05) is 0 Å². The Balaban J connectivity index is 1.54. The maximum atomic E-state index is 12.8. The molecule has 0 fully saturated rings. The van der Waals surface area contributed by atoms with Gasteiger partial charge < -0.3 is 10.1 Å². The minimum absolute atomic E-state index is 0.214. The molecular weight excluding hydrogens is 467 g/mol. The highest BCUT2D eigenvalue weighted by molar-refractivity contribution is 6.32. The van der Waals surface area contributed by atoms with E-state index in [1.807, 2.05) is 18.2 Å². The maximum Gasteiger partial charge on any atom is 0.416 e. The van der Waals surface area contributed by atoms with Crippen molar-refractivity contribution in [3.63, 3.8) is 0 Å². The molecule has 0 radical (unpaired) electrons. The number of halogens is 4. The molecule has 3 aromatic rings. The summed E-state index contributed by atoms with van der Waals surface area (Å²) in [6, 6.07) is 14.6. The van der Waals surface area contributed by atoms with E-state index in [9.17, 15) is 18.0 Å². The SMILES string of the molecule is O=C1N=C(c2ccc(C(F)(F)F)cc2)CC/C=C(/c2c(Cl)cccc2OCc2ccccn2)N1. The van der Waals surface area contributed by atoms with Crippen molar-refractivity contribution in [1.82, 2.24) is 10.3 Å². The number of benzene rings is 2. The number of rotatable bonds is 5. The van der Waals surface area contributed by atoms with Gasteiger partial charge in [-0.3, -0.25) is 4.98 Å². The molecule has 0 saturated carbocycles. The number of aromatic nitrogens is 1. The van der Waals surface area contributed by atoms with Crippen molar-refractivity contribution in [3.8, 4) is 5.75 Å². The highest BCUT2D eigenvalue weighted by atomic mass is 35.5. The predicted octanol–water partition coefficient (Wildman–Crippen LogP) is 6.67. The second kappa shape index (κ2) is 10.1. The molecule has 2 heterocycles. The number of carbonyl (C=O) groups excluding carboxylic acids is 1. The van der Waals surface area contributed by atoms with Gasteiger partial charge in [0.25, 0.3) is 0 Å². The Hall–Kier alpha value is -3.65. The van der Waals surface area contributed by atoms with Crippen molar-refractivity contribution < 1.29 is 22.7 Å². The Kier molecular flexibility index (Phi) is 6.98. The summed E-state index contributed by atoms with van der Waals surface area (Å²) < 4.78 is 44.4. The molecule has 9 heteroatoms. The standard InChI is InChI=1S/C25H19ClF3N3O2/c26-19-6-3-9-22(34-15-18-5-1-2-14-30-18)23(19)21-8-4-7-20(31-24(33)32-21)16-10-12-17(13-11-16)25(27,28)29/h1-3,5-6,8-14H,4,7,15H2,(H,32,33)/b21-8-,31-20?. The van der Waals surface area contributed by atoms with Crippen LogP contribution in [0.1, 0.15) is 35.2 Å². The van der Waals surface area contributed by atoms with Gasteiger partial charge in [0.05, 0.1) is 33.3 Å². The molecule has 0 saturated heterocycles. The van der Waals surface area contributed by atoms with Crippen LogP contribution in [-0.4, -0.2) is 16.7 Å². The number of hydrogen-bond acceptors (Lipinski definition) is 3. The van der Waals surface area contributed by atoms with Crippen LogP contribution in [0.25, 0.3) is 5.70 Å². The molecule has 0 unspecified atom stereocenters. The largest absolute Gasteiger partial charge is 0.487 e. The summed E-state index contributed by atoms with van der Waals surface area (Å²) >= 11 is 6.45. The second-order valence-electron chi connectivity index (χ2n) is 7.44. The van der Waals surface area contributed by atoms with Crippen molar-refractivity contribution in [1.29, 1.82) is 0 Å². The molecule has 5 nitrogen and oxygen atoms in total. The molecule has 174 valence electrons. The molecule has 0 aliphatic carbocycles. The highest BCUT2D eigenvalue weighted by Crippen LogP contribution is 2.34. The highest BCUT2D eigenvalue weighted by Gasteiger charge is 2.30. The number of nitrogens with zero attached hydrogens (tertiary/aromatic N) is 2. The Labute approximate surface area is 199 Å². The fraction of sp³-hybridized carbons (Fsp3) is 0.160. The third-order valence-corrected chi connectivity index (χ3v) is 5.41. The van der Waals surface area contributed by atoms with Gasteiger partial charge >= 0.3 is 12.2 Å². The third-order valence-electron chi connectivity index (χ3n) is 5.10. The van der Waals surface area contributed by atoms with Crippen LogP contribution in [0.3, 0.4) is 0 Å². The van der Waals surface area contributed by atoms with Crippen LogP contribution in [0.15, 0.2) is 77.9 Å². The maximum absolute atomic E-state index is 12.8. The van der Waals surface area contributed by atoms with Crippen LogP contribution in [0, 0.1) is 0 Å². The van der Waals surface area contributed by atoms with E-state index in [1.54, 1.807) is 30.5 Å². The number of allylic oxidation sites excluding steroid dienone is 1. The summed E-state index contributed by atoms with van der Waals surface area (Å²) in [5, 5.41) is 3.11. The van der Waals surface area contributed by atoms with Crippen molar-refractivity contribution >= 4 is 29.0 Å². The molecule has 0 spiro atoms. The number of amides is 2. The van der Waals surface area contributed by atoms with Crippen LogP contribution in [0.2, 0.25) is 5.02 Å². The quantitative estimate of drug-likeness (QED) is 0.439. The fourth-order valence-electron chi connectivity index (χ4n) is 3.47. The third kappa shape index (κ3) is 5.63. The molecule has 1 aromatic heterocycles. The van der Waals surface area contributed by atoms with Crippen molar-refractivity contribution in [2.24, 2.45) is 4.99 Å². The van der Waals surface area contributed by atoms with Crippen LogP contribution in [0.4, 0.5) is 18.0 Å². The van der Waals surface area contributed by atoms with E-state index in [1.165, 1.54) is 12.1 Å². The monoisotopic (exact) mass is 485 g/mol. The topological polar surface area (TPSA) is 63.6 Å². The summed E-state index contributed by atoms with van der Waals surface area (Å²) in [6.07, 6.45) is -0.133. The lowest BCUT2D eigenvalue weighted by atomic mass is 10.0. The second-order valence-corrected chi connectivity index (χ2v) is 7.85. The van der Waals surface area contributed by atoms with Gasteiger partial charge in [-0.25, -0.2) is 4.79 Å². The van der Waals surface area contributed by atoms with Crippen LogP contribution in [0.5, 0.6) is 5.75 Å². The Morgan fingerprint density at radius 1 is 1.03 bits per heavy atom. The van der Waals surface area contributed by atoms with E-state index < -0.39 is 17.8 Å². The average molecular weight is 486 g/mol. The number of pyridine rings is 1. The van der Waals surface area contributed by atoms with Crippen molar-refractivity contribution in [3.05, 3.63) is 100 Å². The Bertz CT molecular complexity index is 1240. The van der Waals surface area contributed by atoms with Gasteiger partial charge in [-0.2, -0.15) is 18.2 Å². The minimum atomic E-state index is -4.43. The lowest BCUT2D eigenvalue weighted by Crippen LogP contribution is -2.22. The van der Waals surface area contributed by atoms with Crippen LogP contribution in [-0.2, 0) is 12.8 Å². The molecule has 34 heavy (non-hydrogen) atoms. The Morgan fingerprint density at radius 3 is 2.53 bits per heavy atom. The molecule has 1 aliphatic rings. The molecule has 0 bridgehead atoms. The molecule has 2 amide bonds. The summed E-state index contributed by atoms with van der Waals surface area (Å²) in [5.41, 5.74) is 1.79. The first kappa shape index (κ1) is 23.5. The first-order valence-corrected chi connectivity index (χ1v) is 10.8. The van der Waals surface area contributed by atoms with Gasteiger partial charge in [0, 0.05) is 6.20 Å². The van der Waals surface area contributed by atoms with E-state index in [-0.39, 0.29) is 6.61 Å². The van der Waals surface area contributed by atoms with E-state index >= 15 is 0 Å². The van der Waals surface area contributed by atoms with Gasteiger partial charge in [-0.05, 0) is 54.8 Å². The first-order chi connectivity index (χ1) is 16.3. The molecule has 0 atom stereocenters. The van der Waals surface area contributed by atoms with Gasteiger partial charge in [0.15, 0.2) is 0 Å². The number of alkyl halides is 3. The zero-order chi connectivity index (χ0) is 24.1. The zero-order valence-electron chi connectivity index (χ0n) is 17.8. The fourth-order valence-corrected chi connectivity index (χ4v) is 3.74. The number of hydrogen-bond donors (Lipinski definition) is 1. The summed E-state index contributed by atoms with van der Waals surface area (Å²) in [4.78, 5) is 20.9.